The number of rotatable bonds is 2. The van der Waals surface area contributed by atoms with E-state index in [1.807, 2.05) is 19.1 Å². The molecule has 7 nitrogen and oxygen atoms in total. The maximum atomic E-state index is 12.9. The first-order chi connectivity index (χ1) is 13.3. The number of aromatic hydroxyl groups is 1. The van der Waals surface area contributed by atoms with Crippen molar-refractivity contribution in [3.63, 3.8) is 0 Å². The molecule has 3 rings (SSSR count). The van der Waals surface area contributed by atoms with E-state index in [0.717, 1.165) is 29.5 Å². The quantitative estimate of drug-likeness (QED) is 0.692. The fraction of sp³-hybridized carbons (Fsp3) is 0.381. The van der Waals surface area contributed by atoms with Gasteiger partial charge in [0.1, 0.15) is 11.6 Å². The number of likely N-dealkylation sites (tertiary alicyclic amines) is 1. The number of hydrogen-bond acceptors (Lipinski definition) is 5. The lowest BCUT2D eigenvalue weighted by Crippen LogP contribution is -2.46. The summed E-state index contributed by atoms with van der Waals surface area (Å²) in [6.07, 6.45) is 3.12. The Balaban J connectivity index is 1.82. The Morgan fingerprint density at radius 2 is 1.96 bits per heavy atom. The van der Waals surface area contributed by atoms with Crippen molar-refractivity contribution in [3.05, 3.63) is 47.2 Å². The topological polar surface area (TPSA) is 109 Å². The average molecular weight is 382 g/mol. The molecular weight excluding hydrogens is 356 g/mol. The molecule has 148 valence electrons. The molecule has 0 aliphatic carbocycles. The van der Waals surface area contributed by atoms with E-state index >= 15 is 0 Å². The minimum Gasteiger partial charge on any atom is -0.508 e. The molecule has 2 aromatic rings. The van der Waals surface area contributed by atoms with Crippen LogP contribution in [-0.2, 0) is 9.59 Å². The fourth-order valence-corrected chi connectivity index (χ4v) is 3.53. The van der Waals surface area contributed by atoms with Crippen LogP contribution in [0.3, 0.4) is 0 Å². The molecule has 1 aromatic carbocycles. The predicted molar refractivity (Wildman–Crippen MR) is 108 cm³/mol. The van der Waals surface area contributed by atoms with Crippen LogP contribution >= 0.6 is 0 Å². The number of nitrogens with two attached hydrogens (primary N) is 1. The van der Waals surface area contributed by atoms with E-state index < -0.39 is 11.8 Å². The van der Waals surface area contributed by atoms with Gasteiger partial charge in [-0.2, -0.15) is 0 Å². The monoisotopic (exact) mass is 382 g/mol. The van der Waals surface area contributed by atoms with Crippen molar-refractivity contribution in [1.29, 1.82) is 0 Å². The largest absolute Gasteiger partial charge is 0.508 e. The van der Waals surface area contributed by atoms with Crippen LogP contribution in [0.25, 0.3) is 0 Å². The van der Waals surface area contributed by atoms with E-state index in [4.69, 9.17) is 5.73 Å². The Bertz CT molecular complexity index is 913. The van der Waals surface area contributed by atoms with Crippen LogP contribution in [0.5, 0.6) is 5.75 Å². The van der Waals surface area contributed by atoms with Crippen LogP contribution in [0.2, 0.25) is 0 Å². The Morgan fingerprint density at radius 3 is 2.64 bits per heavy atom. The molecule has 0 spiro atoms. The van der Waals surface area contributed by atoms with Crippen LogP contribution in [0, 0.1) is 19.8 Å². The van der Waals surface area contributed by atoms with Gasteiger partial charge in [-0.15, -0.1) is 0 Å². The summed E-state index contributed by atoms with van der Waals surface area (Å²) in [5.74, 6) is -0.426. The van der Waals surface area contributed by atoms with Crippen molar-refractivity contribution in [1.82, 2.24) is 9.88 Å². The Morgan fingerprint density at radius 1 is 1.21 bits per heavy atom. The molecule has 4 N–H and O–H groups in total. The standard InChI is InChI=1S/C21H26N4O3/c1-12-4-7-17(15-6-5-13(2)18(26)9-15)25(11-12)21(28)20(27)24-16-8-14(3)19(22)23-10-16/h5-6,8-10,12,17,26H,4,7,11H2,1-3H3,(H2,22,23)(H,24,27)/t12-,17+/m1/s1. The number of amides is 2. The second-order valence-electron chi connectivity index (χ2n) is 7.58. The minimum atomic E-state index is -0.707. The van der Waals surface area contributed by atoms with E-state index in [9.17, 15) is 14.7 Å². The molecule has 0 bridgehead atoms. The van der Waals surface area contributed by atoms with Gasteiger partial charge >= 0.3 is 11.8 Å². The molecule has 1 aliphatic rings. The molecule has 28 heavy (non-hydrogen) atoms. The Hall–Kier alpha value is -3.09. The zero-order chi connectivity index (χ0) is 20.4. The summed E-state index contributed by atoms with van der Waals surface area (Å²) in [6, 6.07) is 6.85. The van der Waals surface area contributed by atoms with Gasteiger partial charge in [-0.25, -0.2) is 4.98 Å². The van der Waals surface area contributed by atoms with Crippen molar-refractivity contribution >= 4 is 23.3 Å². The number of aromatic nitrogens is 1. The van der Waals surface area contributed by atoms with Gasteiger partial charge in [-0.1, -0.05) is 19.1 Å². The highest BCUT2D eigenvalue weighted by atomic mass is 16.3. The van der Waals surface area contributed by atoms with Crippen molar-refractivity contribution in [2.45, 2.75) is 39.7 Å². The van der Waals surface area contributed by atoms with Crippen LogP contribution < -0.4 is 11.1 Å². The summed E-state index contributed by atoms with van der Waals surface area (Å²) in [5, 5.41) is 12.7. The lowest BCUT2D eigenvalue weighted by molar-refractivity contribution is -0.146. The highest BCUT2D eigenvalue weighted by Gasteiger charge is 2.34. The Kier molecular flexibility index (Phi) is 5.53. The number of nitrogen functional groups attached to an aromatic ring is 1. The molecule has 1 aromatic heterocycles. The van der Waals surface area contributed by atoms with Crippen LogP contribution in [-0.4, -0.2) is 33.3 Å². The molecule has 7 heteroatoms. The van der Waals surface area contributed by atoms with Crippen molar-refractivity contribution in [3.8, 4) is 5.75 Å². The number of phenolic OH excluding ortho intramolecular Hbond substituents is 1. The Labute approximate surface area is 164 Å². The van der Waals surface area contributed by atoms with E-state index in [1.165, 1.54) is 6.20 Å². The summed E-state index contributed by atoms with van der Waals surface area (Å²) in [7, 11) is 0. The van der Waals surface area contributed by atoms with Gasteiger partial charge in [-0.05, 0) is 61.4 Å². The second kappa shape index (κ2) is 7.88. The molecule has 2 heterocycles. The number of carbonyl (C=O) groups excluding carboxylic acids is 2. The summed E-state index contributed by atoms with van der Waals surface area (Å²) in [4.78, 5) is 31.2. The third kappa shape index (κ3) is 4.08. The first-order valence-electron chi connectivity index (χ1n) is 9.40. The fourth-order valence-electron chi connectivity index (χ4n) is 3.53. The first kappa shape index (κ1) is 19.7. The number of anilines is 2. The minimum absolute atomic E-state index is 0.191. The van der Waals surface area contributed by atoms with E-state index in [-0.39, 0.29) is 11.8 Å². The third-order valence-corrected chi connectivity index (χ3v) is 5.27. The number of phenols is 1. The second-order valence-corrected chi connectivity index (χ2v) is 7.58. The SMILES string of the molecule is Cc1ccc([C@@H]2CC[C@@H](C)CN2C(=O)C(=O)Nc2cnc(N)c(C)c2)cc1O. The molecule has 1 saturated heterocycles. The summed E-state index contributed by atoms with van der Waals surface area (Å²) >= 11 is 0. The number of nitrogens with one attached hydrogen (secondary N) is 1. The number of aryl methyl sites for hydroxylation is 2. The zero-order valence-electron chi connectivity index (χ0n) is 16.4. The van der Waals surface area contributed by atoms with E-state index in [2.05, 4.69) is 17.2 Å². The smallest absolute Gasteiger partial charge is 0.313 e. The van der Waals surface area contributed by atoms with Crippen LogP contribution in [0.15, 0.2) is 30.5 Å². The summed E-state index contributed by atoms with van der Waals surface area (Å²) in [5.41, 5.74) is 8.46. The van der Waals surface area contributed by atoms with Gasteiger partial charge in [-0.3, -0.25) is 9.59 Å². The molecule has 0 radical (unpaired) electrons. The van der Waals surface area contributed by atoms with Crippen molar-refractivity contribution in [2.75, 3.05) is 17.6 Å². The number of hydrogen-bond donors (Lipinski definition) is 3. The number of benzene rings is 1. The number of carbonyl (C=O) groups is 2. The van der Waals surface area contributed by atoms with Gasteiger partial charge in [0.2, 0.25) is 0 Å². The van der Waals surface area contributed by atoms with Crippen LogP contribution in [0.4, 0.5) is 11.5 Å². The maximum absolute atomic E-state index is 12.9. The normalized spacial score (nSPS) is 19.3. The van der Waals surface area contributed by atoms with Gasteiger partial charge < -0.3 is 21.1 Å². The van der Waals surface area contributed by atoms with E-state index in [1.54, 1.807) is 24.0 Å². The van der Waals surface area contributed by atoms with Gasteiger partial charge in [0.15, 0.2) is 0 Å². The molecule has 2 atom stereocenters. The lowest BCUT2D eigenvalue weighted by Gasteiger charge is -2.38. The molecule has 1 fully saturated rings. The van der Waals surface area contributed by atoms with Gasteiger partial charge in [0, 0.05) is 6.54 Å². The average Bonchev–Trinajstić information content (AvgIpc) is 2.66. The summed E-state index contributed by atoms with van der Waals surface area (Å²) in [6.45, 7) is 6.16. The van der Waals surface area contributed by atoms with Gasteiger partial charge in [0.25, 0.3) is 0 Å². The highest BCUT2D eigenvalue weighted by Crippen LogP contribution is 2.35. The number of pyridine rings is 1. The zero-order valence-corrected chi connectivity index (χ0v) is 16.4. The van der Waals surface area contributed by atoms with E-state index in [0.29, 0.717) is 24.0 Å². The maximum Gasteiger partial charge on any atom is 0.313 e. The van der Waals surface area contributed by atoms with Crippen LogP contribution in [0.1, 0.15) is 42.5 Å². The number of nitrogens with zero attached hydrogens (tertiary/aromatic N) is 2. The molecule has 2 amide bonds. The third-order valence-electron chi connectivity index (χ3n) is 5.27. The molecule has 0 unspecified atom stereocenters. The van der Waals surface area contributed by atoms with Crippen molar-refractivity contribution in [2.24, 2.45) is 5.92 Å². The number of piperidine rings is 1. The lowest BCUT2D eigenvalue weighted by atomic mass is 9.89. The molecule has 1 aliphatic heterocycles. The highest BCUT2D eigenvalue weighted by molar-refractivity contribution is 6.39. The predicted octanol–water partition coefficient (Wildman–Crippen LogP) is 2.92. The van der Waals surface area contributed by atoms with Crippen molar-refractivity contribution < 1.29 is 14.7 Å². The molecular formula is C21H26N4O3. The van der Waals surface area contributed by atoms with Gasteiger partial charge in [0.05, 0.1) is 17.9 Å². The summed E-state index contributed by atoms with van der Waals surface area (Å²) < 4.78 is 0. The molecule has 0 saturated carbocycles. The first-order valence-corrected chi connectivity index (χ1v) is 9.40.